The van der Waals surface area contributed by atoms with Crippen LogP contribution in [0.4, 0.5) is 5.69 Å². The Morgan fingerprint density at radius 2 is 2.09 bits per heavy atom. The predicted octanol–water partition coefficient (Wildman–Crippen LogP) is 2.59. The van der Waals surface area contributed by atoms with Gasteiger partial charge in [-0.3, -0.25) is 14.3 Å². The maximum Gasteiger partial charge on any atom is 0.268 e. The Morgan fingerprint density at radius 1 is 1.26 bits per heavy atom. The molecule has 0 spiro atoms. The van der Waals surface area contributed by atoms with Gasteiger partial charge in [0.1, 0.15) is 23.8 Å². The van der Waals surface area contributed by atoms with E-state index in [1.54, 1.807) is 30.5 Å². The third kappa shape index (κ3) is 5.31. The molecule has 1 aliphatic heterocycles. The number of rotatable bonds is 9. The Balaban J connectivity index is 1.31. The molecule has 0 saturated heterocycles. The van der Waals surface area contributed by atoms with E-state index in [0.29, 0.717) is 39.2 Å². The minimum Gasteiger partial charge on any atom is -0.496 e. The summed E-state index contributed by atoms with van der Waals surface area (Å²) in [5.41, 5.74) is 1.55. The van der Waals surface area contributed by atoms with Gasteiger partial charge >= 0.3 is 0 Å². The quantitative estimate of drug-likeness (QED) is 0.474. The molecule has 3 aromatic rings. The van der Waals surface area contributed by atoms with E-state index in [1.165, 1.54) is 31.4 Å². The molecule has 34 heavy (non-hydrogen) atoms. The van der Waals surface area contributed by atoms with Gasteiger partial charge in [-0.25, -0.2) is 0 Å². The maximum atomic E-state index is 12.7. The van der Waals surface area contributed by atoms with Gasteiger partial charge < -0.3 is 29.4 Å². The zero-order valence-corrected chi connectivity index (χ0v) is 19.2. The molecule has 178 valence electrons. The highest BCUT2D eigenvalue weighted by atomic mass is 35.5. The average molecular weight is 488 g/mol. The van der Waals surface area contributed by atoms with E-state index in [1.807, 2.05) is 0 Å². The third-order valence-corrected chi connectivity index (χ3v) is 5.29. The first-order valence-electron chi connectivity index (χ1n) is 10.2. The van der Waals surface area contributed by atoms with Crippen molar-refractivity contribution in [2.24, 2.45) is 5.16 Å². The van der Waals surface area contributed by atoms with Crippen LogP contribution in [0.2, 0.25) is 5.02 Å². The summed E-state index contributed by atoms with van der Waals surface area (Å²) in [6, 6.07) is 6.81. The molecule has 0 aliphatic carbocycles. The zero-order valence-electron chi connectivity index (χ0n) is 18.4. The number of benzene rings is 1. The minimum absolute atomic E-state index is 0.0121. The number of carbonyl (C=O) groups excluding carboxylic acids is 2. The fraction of sp³-hybridized carbons (Fsp3) is 0.273. The van der Waals surface area contributed by atoms with Crippen molar-refractivity contribution in [3.05, 3.63) is 59.3 Å². The lowest BCUT2D eigenvalue weighted by molar-refractivity contribution is -0.125. The van der Waals surface area contributed by atoms with E-state index in [2.05, 4.69) is 20.9 Å². The van der Waals surface area contributed by atoms with Gasteiger partial charge in [0.05, 0.1) is 49.6 Å². The molecule has 0 saturated carbocycles. The average Bonchev–Trinajstić information content (AvgIpc) is 3.60. The summed E-state index contributed by atoms with van der Waals surface area (Å²) in [6.45, 7) is 0.268. The first kappa shape index (κ1) is 23.2. The molecule has 2 aromatic heterocycles. The summed E-state index contributed by atoms with van der Waals surface area (Å²) < 4.78 is 17.2. The SMILES string of the molecule is COc1cc(OC)c(C2=NO[C@H](C(=O)Nc3cnn(CC(=O)NCc4ccco4)c3)C2)cc1Cl. The lowest BCUT2D eigenvalue weighted by Crippen LogP contribution is -2.28. The van der Waals surface area contributed by atoms with Crippen molar-refractivity contribution in [1.82, 2.24) is 15.1 Å². The van der Waals surface area contributed by atoms with Gasteiger partial charge in [0.2, 0.25) is 12.0 Å². The number of amides is 2. The van der Waals surface area contributed by atoms with E-state index in [0.717, 1.165) is 0 Å². The molecule has 4 rings (SSSR count). The molecule has 11 nitrogen and oxygen atoms in total. The van der Waals surface area contributed by atoms with Gasteiger partial charge in [0, 0.05) is 24.2 Å². The van der Waals surface area contributed by atoms with Crippen LogP contribution in [0.5, 0.6) is 11.5 Å². The van der Waals surface area contributed by atoms with Crippen molar-refractivity contribution in [3.8, 4) is 11.5 Å². The number of anilines is 1. The highest BCUT2D eigenvalue weighted by Gasteiger charge is 2.31. The summed E-state index contributed by atoms with van der Waals surface area (Å²) in [5, 5.41) is 14.0. The van der Waals surface area contributed by atoms with Gasteiger partial charge in [0.15, 0.2) is 0 Å². The predicted molar refractivity (Wildman–Crippen MR) is 122 cm³/mol. The van der Waals surface area contributed by atoms with E-state index in [-0.39, 0.29) is 25.4 Å². The van der Waals surface area contributed by atoms with Crippen LogP contribution in [0.25, 0.3) is 0 Å². The monoisotopic (exact) mass is 487 g/mol. The van der Waals surface area contributed by atoms with Crippen molar-refractivity contribution >= 4 is 34.8 Å². The first-order chi connectivity index (χ1) is 16.5. The largest absolute Gasteiger partial charge is 0.496 e. The standard InChI is InChI=1S/C22H22ClN5O6/c1-31-18-8-19(32-2)16(23)6-15(18)17-7-20(34-27-17)22(30)26-13-9-25-28(11-13)12-21(29)24-10-14-4-3-5-33-14/h3-6,8-9,11,20H,7,10,12H2,1-2H3,(H,24,29)(H,26,30)/t20-/m0/s1. The number of oxime groups is 1. The molecule has 0 fully saturated rings. The van der Waals surface area contributed by atoms with Crippen LogP contribution in [0.15, 0.2) is 52.5 Å². The van der Waals surface area contributed by atoms with Crippen molar-refractivity contribution in [3.63, 3.8) is 0 Å². The number of methoxy groups -OCH3 is 2. The molecule has 3 heterocycles. The molecule has 2 N–H and O–H groups in total. The number of furan rings is 1. The van der Waals surface area contributed by atoms with Crippen LogP contribution in [-0.4, -0.2) is 47.6 Å². The fourth-order valence-electron chi connectivity index (χ4n) is 3.30. The summed E-state index contributed by atoms with van der Waals surface area (Å²) in [7, 11) is 3.02. The minimum atomic E-state index is -0.847. The number of nitrogens with one attached hydrogen (secondary N) is 2. The van der Waals surface area contributed by atoms with Crippen molar-refractivity contribution in [2.75, 3.05) is 19.5 Å². The summed E-state index contributed by atoms with van der Waals surface area (Å²) in [6.07, 6.45) is 3.90. The Bertz CT molecular complexity index is 1210. The summed E-state index contributed by atoms with van der Waals surface area (Å²) in [5.74, 6) is 0.953. The van der Waals surface area contributed by atoms with Crippen LogP contribution in [0, 0.1) is 0 Å². The Morgan fingerprint density at radius 3 is 2.82 bits per heavy atom. The second kappa shape index (κ2) is 10.3. The zero-order chi connectivity index (χ0) is 24.1. The van der Waals surface area contributed by atoms with E-state index in [4.69, 9.17) is 30.3 Å². The van der Waals surface area contributed by atoms with Crippen molar-refractivity contribution in [2.45, 2.75) is 25.6 Å². The molecule has 1 aliphatic rings. The van der Waals surface area contributed by atoms with Crippen LogP contribution < -0.4 is 20.1 Å². The van der Waals surface area contributed by atoms with Gasteiger partial charge in [-0.15, -0.1) is 0 Å². The first-order valence-corrected chi connectivity index (χ1v) is 10.6. The molecule has 2 amide bonds. The topological polar surface area (TPSA) is 129 Å². The third-order valence-electron chi connectivity index (χ3n) is 4.99. The number of halogens is 1. The van der Waals surface area contributed by atoms with E-state index in [9.17, 15) is 9.59 Å². The number of carbonyl (C=O) groups is 2. The van der Waals surface area contributed by atoms with Crippen molar-refractivity contribution < 1.29 is 28.3 Å². The number of aromatic nitrogens is 2. The number of ether oxygens (including phenoxy) is 2. The number of hydrogen-bond acceptors (Lipinski definition) is 8. The molecule has 0 unspecified atom stereocenters. The Kier molecular flexibility index (Phi) is 7.02. The van der Waals surface area contributed by atoms with Crippen LogP contribution in [0.3, 0.4) is 0 Å². The van der Waals surface area contributed by atoms with E-state index < -0.39 is 12.0 Å². The highest BCUT2D eigenvalue weighted by molar-refractivity contribution is 6.32. The molecule has 1 aromatic carbocycles. The Hall–Kier alpha value is -3.99. The lowest BCUT2D eigenvalue weighted by Gasteiger charge is -2.11. The maximum absolute atomic E-state index is 12.7. The molecule has 12 heteroatoms. The molecular formula is C22H22ClN5O6. The number of nitrogens with zero attached hydrogens (tertiary/aromatic N) is 3. The van der Waals surface area contributed by atoms with Crippen LogP contribution >= 0.6 is 11.6 Å². The summed E-state index contributed by atoms with van der Waals surface area (Å²) in [4.78, 5) is 30.1. The van der Waals surface area contributed by atoms with Gasteiger partial charge in [-0.2, -0.15) is 5.10 Å². The molecule has 0 bridgehead atoms. The normalized spacial score (nSPS) is 14.8. The molecule has 1 atom stereocenters. The van der Waals surface area contributed by atoms with E-state index >= 15 is 0 Å². The van der Waals surface area contributed by atoms with Crippen LogP contribution in [0.1, 0.15) is 17.7 Å². The highest BCUT2D eigenvalue weighted by Crippen LogP contribution is 2.34. The fourth-order valence-corrected chi connectivity index (χ4v) is 3.54. The summed E-state index contributed by atoms with van der Waals surface area (Å²) >= 11 is 6.23. The Labute approximate surface area is 199 Å². The second-order valence-corrected chi connectivity index (χ2v) is 7.70. The van der Waals surface area contributed by atoms with Gasteiger partial charge in [0.25, 0.3) is 5.91 Å². The number of hydrogen-bond donors (Lipinski definition) is 2. The molecule has 0 radical (unpaired) electrons. The molecular weight excluding hydrogens is 466 g/mol. The van der Waals surface area contributed by atoms with Crippen LogP contribution in [-0.2, 0) is 27.5 Å². The lowest BCUT2D eigenvalue weighted by atomic mass is 10.0. The second-order valence-electron chi connectivity index (χ2n) is 7.30. The van der Waals surface area contributed by atoms with Gasteiger partial charge in [-0.1, -0.05) is 16.8 Å². The van der Waals surface area contributed by atoms with Crippen molar-refractivity contribution in [1.29, 1.82) is 0 Å². The smallest absolute Gasteiger partial charge is 0.268 e. The van der Waals surface area contributed by atoms with Gasteiger partial charge in [-0.05, 0) is 18.2 Å².